The Morgan fingerprint density at radius 3 is 2.06 bits per heavy atom. The molecular weight excluding hydrogens is 440 g/mol. The van der Waals surface area contributed by atoms with Gasteiger partial charge in [-0.1, -0.05) is 45.9 Å². The Kier molecular flexibility index (Phi) is 6.61. The lowest BCUT2D eigenvalue weighted by molar-refractivity contribution is 0.349. The van der Waals surface area contributed by atoms with E-state index in [9.17, 15) is 0 Å². The molecule has 1 atom stereocenters. The molecule has 0 aliphatic heterocycles. The van der Waals surface area contributed by atoms with Gasteiger partial charge < -0.3 is 0 Å². The SMILES string of the molecule is CCC(Cc1cnc2c(ccc3cccnc32)c1)c1c(F)c(F)c(C(C)(CC)CC)c(F)c1F. The van der Waals surface area contributed by atoms with E-state index in [0.717, 1.165) is 27.4 Å². The van der Waals surface area contributed by atoms with Gasteiger partial charge in [-0.25, -0.2) is 17.6 Å². The highest BCUT2D eigenvalue weighted by molar-refractivity contribution is 6.02. The van der Waals surface area contributed by atoms with Crippen molar-refractivity contribution in [3.63, 3.8) is 0 Å². The first kappa shape index (κ1) is 24.1. The summed E-state index contributed by atoms with van der Waals surface area (Å²) in [6.07, 6.45) is 4.57. The summed E-state index contributed by atoms with van der Waals surface area (Å²) >= 11 is 0. The Morgan fingerprint density at radius 1 is 0.824 bits per heavy atom. The summed E-state index contributed by atoms with van der Waals surface area (Å²) in [5.41, 5.74) is 0.200. The van der Waals surface area contributed by atoms with Crippen LogP contribution in [0.5, 0.6) is 0 Å². The highest BCUT2D eigenvalue weighted by atomic mass is 19.2. The number of hydrogen-bond donors (Lipinski definition) is 0. The molecule has 0 saturated heterocycles. The number of pyridine rings is 2. The Morgan fingerprint density at radius 2 is 1.44 bits per heavy atom. The molecule has 4 rings (SSSR count). The van der Waals surface area contributed by atoms with Gasteiger partial charge in [-0.05, 0) is 54.7 Å². The first-order chi connectivity index (χ1) is 16.3. The summed E-state index contributed by atoms with van der Waals surface area (Å²) in [6.45, 7) is 6.89. The van der Waals surface area contributed by atoms with E-state index in [4.69, 9.17) is 0 Å². The first-order valence-corrected chi connectivity index (χ1v) is 11.7. The zero-order valence-corrected chi connectivity index (χ0v) is 19.9. The zero-order chi connectivity index (χ0) is 24.6. The average molecular weight is 469 g/mol. The van der Waals surface area contributed by atoms with E-state index in [1.165, 1.54) is 0 Å². The van der Waals surface area contributed by atoms with Crippen molar-refractivity contribution in [1.82, 2.24) is 9.97 Å². The summed E-state index contributed by atoms with van der Waals surface area (Å²) < 4.78 is 60.9. The Bertz CT molecular complexity index is 1330. The highest BCUT2D eigenvalue weighted by Gasteiger charge is 2.37. The van der Waals surface area contributed by atoms with Crippen molar-refractivity contribution in [1.29, 1.82) is 0 Å². The maximum Gasteiger partial charge on any atom is 0.166 e. The van der Waals surface area contributed by atoms with Crippen LogP contribution < -0.4 is 0 Å². The van der Waals surface area contributed by atoms with Crippen molar-refractivity contribution < 1.29 is 17.6 Å². The summed E-state index contributed by atoms with van der Waals surface area (Å²) in [5, 5.41) is 1.80. The number of hydrogen-bond acceptors (Lipinski definition) is 2. The molecule has 0 radical (unpaired) electrons. The Balaban J connectivity index is 1.77. The lowest BCUT2D eigenvalue weighted by atomic mass is 9.76. The second-order valence-corrected chi connectivity index (χ2v) is 9.18. The predicted octanol–water partition coefficient (Wildman–Crippen LogP) is 8.15. The van der Waals surface area contributed by atoms with Crippen LogP contribution >= 0.6 is 0 Å². The molecule has 0 fully saturated rings. The van der Waals surface area contributed by atoms with E-state index in [-0.39, 0.29) is 6.42 Å². The van der Waals surface area contributed by atoms with E-state index in [2.05, 4.69) is 9.97 Å². The van der Waals surface area contributed by atoms with Gasteiger partial charge in [-0.2, -0.15) is 0 Å². The van der Waals surface area contributed by atoms with Gasteiger partial charge in [0.1, 0.15) is 0 Å². The molecule has 0 aliphatic rings. The van der Waals surface area contributed by atoms with Crippen LogP contribution in [-0.2, 0) is 11.8 Å². The molecular formula is C28H28F4N2. The second-order valence-electron chi connectivity index (χ2n) is 9.18. The Hall–Kier alpha value is -3.02. The molecule has 0 aliphatic carbocycles. The van der Waals surface area contributed by atoms with Crippen LogP contribution in [0.4, 0.5) is 17.6 Å². The smallest absolute Gasteiger partial charge is 0.166 e. The summed E-state index contributed by atoms with van der Waals surface area (Å²) in [7, 11) is 0. The van der Waals surface area contributed by atoms with E-state index in [1.54, 1.807) is 40.1 Å². The highest BCUT2D eigenvalue weighted by Crippen LogP contribution is 2.40. The number of aromatic nitrogens is 2. The van der Waals surface area contributed by atoms with Gasteiger partial charge in [0.25, 0.3) is 0 Å². The third-order valence-corrected chi connectivity index (χ3v) is 7.32. The number of halogens is 4. The molecule has 178 valence electrons. The fourth-order valence-electron chi connectivity index (χ4n) is 4.77. The lowest BCUT2D eigenvalue weighted by Gasteiger charge is -2.30. The number of rotatable bonds is 7. The molecule has 4 aromatic rings. The number of fused-ring (bicyclic) bond motifs is 3. The van der Waals surface area contributed by atoms with Crippen LogP contribution in [0, 0.1) is 23.3 Å². The largest absolute Gasteiger partial charge is 0.254 e. The third-order valence-electron chi connectivity index (χ3n) is 7.32. The molecule has 2 aromatic heterocycles. The molecule has 6 heteroatoms. The standard InChI is InChI=1S/C28H28F4N2/c1-5-17(20-22(29)24(31)21(25(32)23(20)30)28(4,6-2)7-3)13-16-14-19-11-10-18-9-8-12-33-26(18)27(19)34-15-16/h8-12,14-15,17H,5-7,13H2,1-4H3. The van der Waals surface area contributed by atoms with E-state index >= 15 is 17.6 Å². The van der Waals surface area contributed by atoms with Crippen LogP contribution in [0.25, 0.3) is 21.8 Å². The molecule has 34 heavy (non-hydrogen) atoms. The second kappa shape index (κ2) is 9.32. The van der Waals surface area contributed by atoms with Gasteiger partial charge in [0.05, 0.1) is 11.0 Å². The van der Waals surface area contributed by atoms with Gasteiger partial charge in [0, 0.05) is 34.3 Å². The minimum Gasteiger partial charge on any atom is -0.254 e. The topological polar surface area (TPSA) is 25.8 Å². The van der Waals surface area contributed by atoms with Crippen LogP contribution in [0.15, 0.2) is 42.7 Å². The van der Waals surface area contributed by atoms with Crippen molar-refractivity contribution >= 4 is 21.8 Å². The normalized spacial score (nSPS) is 13.1. The molecule has 0 spiro atoms. The van der Waals surface area contributed by atoms with E-state index < -0.39 is 45.7 Å². The fraction of sp³-hybridized carbons (Fsp3) is 0.357. The Labute approximate surface area is 197 Å². The van der Waals surface area contributed by atoms with Crippen molar-refractivity contribution in [3.8, 4) is 0 Å². The van der Waals surface area contributed by atoms with Crippen molar-refractivity contribution in [2.24, 2.45) is 0 Å². The molecule has 0 N–H and O–H groups in total. The average Bonchev–Trinajstić information content (AvgIpc) is 2.86. The molecule has 1 unspecified atom stereocenters. The lowest BCUT2D eigenvalue weighted by Crippen LogP contribution is -2.26. The molecule has 2 aromatic carbocycles. The van der Waals surface area contributed by atoms with E-state index in [1.807, 2.05) is 30.3 Å². The van der Waals surface area contributed by atoms with Crippen molar-refractivity contribution in [3.05, 3.63) is 82.7 Å². The summed E-state index contributed by atoms with van der Waals surface area (Å²) in [6, 6.07) is 9.55. The fourth-order valence-corrected chi connectivity index (χ4v) is 4.77. The predicted molar refractivity (Wildman–Crippen MR) is 128 cm³/mol. The van der Waals surface area contributed by atoms with Crippen LogP contribution in [0.2, 0.25) is 0 Å². The van der Waals surface area contributed by atoms with Gasteiger partial charge in [0.2, 0.25) is 0 Å². The number of benzene rings is 2. The summed E-state index contributed by atoms with van der Waals surface area (Å²) in [4.78, 5) is 8.94. The minimum absolute atomic E-state index is 0.199. The van der Waals surface area contributed by atoms with E-state index in [0.29, 0.717) is 19.3 Å². The number of nitrogens with zero attached hydrogens (tertiary/aromatic N) is 2. The molecule has 0 saturated carbocycles. The zero-order valence-electron chi connectivity index (χ0n) is 19.9. The van der Waals surface area contributed by atoms with Crippen LogP contribution in [0.3, 0.4) is 0 Å². The minimum atomic E-state index is -1.29. The summed E-state index contributed by atoms with van der Waals surface area (Å²) in [5.74, 6) is -5.90. The van der Waals surface area contributed by atoms with Crippen molar-refractivity contribution in [2.45, 2.75) is 64.7 Å². The maximum atomic E-state index is 15.3. The monoisotopic (exact) mass is 468 g/mol. The molecule has 2 nitrogen and oxygen atoms in total. The first-order valence-electron chi connectivity index (χ1n) is 11.7. The quantitative estimate of drug-likeness (QED) is 0.155. The molecule has 2 heterocycles. The van der Waals surface area contributed by atoms with Crippen molar-refractivity contribution in [2.75, 3.05) is 0 Å². The molecule has 0 bridgehead atoms. The van der Waals surface area contributed by atoms with Gasteiger partial charge in [-0.15, -0.1) is 0 Å². The van der Waals surface area contributed by atoms with Crippen LogP contribution in [-0.4, -0.2) is 9.97 Å². The molecule has 0 amide bonds. The van der Waals surface area contributed by atoms with Gasteiger partial charge in [0.15, 0.2) is 23.3 Å². The third kappa shape index (κ3) is 3.93. The van der Waals surface area contributed by atoms with Gasteiger partial charge >= 0.3 is 0 Å². The van der Waals surface area contributed by atoms with Gasteiger partial charge in [-0.3, -0.25) is 9.97 Å². The van der Waals surface area contributed by atoms with Crippen LogP contribution in [0.1, 0.15) is 69.6 Å². The maximum absolute atomic E-state index is 15.3.